The molecule has 0 saturated carbocycles. The molecule has 0 radical (unpaired) electrons. The summed E-state index contributed by atoms with van der Waals surface area (Å²) < 4.78 is 10.5. The van der Waals surface area contributed by atoms with Crippen molar-refractivity contribution in [2.45, 2.75) is 32.4 Å². The van der Waals surface area contributed by atoms with Crippen LogP contribution in [0, 0.1) is 0 Å². The predicted molar refractivity (Wildman–Crippen MR) is 72.8 cm³/mol. The number of hydrogen-bond donors (Lipinski definition) is 1. The van der Waals surface area contributed by atoms with E-state index >= 15 is 0 Å². The van der Waals surface area contributed by atoms with Gasteiger partial charge in [-0.05, 0) is 24.0 Å². The van der Waals surface area contributed by atoms with Crippen molar-refractivity contribution in [3.8, 4) is 0 Å². The van der Waals surface area contributed by atoms with E-state index in [9.17, 15) is 4.79 Å². The summed E-state index contributed by atoms with van der Waals surface area (Å²) in [7, 11) is 0. The summed E-state index contributed by atoms with van der Waals surface area (Å²) in [6.07, 6.45) is 1.68. The lowest BCUT2D eigenvalue weighted by Gasteiger charge is -2.24. The van der Waals surface area contributed by atoms with Crippen molar-refractivity contribution in [2.24, 2.45) is 0 Å². The molecule has 104 valence electrons. The molecule has 0 saturated heterocycles. The van der Waals surface area contributed by atoms with Crippen LogP contribution >= 0.6 is 0 Å². The molecule has 4 nitrogen and oxygen atoms in total. The zero-order chi connectivity index (χ0) is 13.5. The second kappa shape index (κ2) is 7.26. The monoisotopic (exact) mass is 263 g/mol. The molecule has 0 amide bonds. The Morgan fingerprint density at radius 2 is 2.05 bits per heavy atom. The molecule has 2 rings (SSSR count). The Kier molecular flexibility index (Phi) is 5.36. The topological polar surface area (TPSA) is 47.6 Å². The Morgan fingerprint density at radius 3 is 2.84 bits per heavy atom. The van der Waals surface area contributed by atoms with Crippen molar-refractivity contribution >= 4 is 5.97 Å². The molecule has 1 N–H and O–H groups in total. The number of carbonyl (C=O) groups excluding carboxylic acids is 1. The highest BCUT2D eigenvalue weighted by Gasteiger charge is 2.24. The number of carbonyl (C=O) groups is 1. The Morgan fingerprint density at radius 1 is 1.26 bits per heavy atom. The summed E-state index contributed by atoms with van der Waals surface area (Å²) in [5.74, 6) is -0.186. The quantitative estimate of drug-likeness (QED) is 0.626. The van der Waals surface area contributed by atoms with Gasteiger partial charge in [0.15, 0.2) is 0 Å². The van der Waals surface area contributed by atoms with Crippen LogP contribution < -0.4 is 5.32 Å². The summed E-state index contributed by atoms with van der Waals surface area (Å²) in [5.41, 5.74) is 2.49. The first-order chi connectivity index (χ1) is 9.31. The minimum Gasteiger partial charge on any atom is -0.462 e. The molecule has 1 aliphatic heterocycles. The Balaban J connectivity index is 1.76. The van der Waals surface area contributed by atoms with E-state index in [0.717, 1.165) is 13.0 Å². The SMILES string of the molecule is CCCOCCOC(=O)[C@H]1Cc2ccccc2CN1. The third kappa shape index (κ3) is 4.04. The third-order valence-electron chi connectivity index (χ3n) is 3.19. The van der Waals surface area contributed by atoms with Gasteiger partial charge in [0.1, 0.15) is 12.6 Å². The average molecular weight is 263 g/mol. The van der Waals surface area contributed by atoms with Crippen LogP contribution in [0.15, 0.2) is 24.3 Å². The first-order valence-corrected chi connectivity index (χ1v) is 6.85. The van der Waals surface area contributed by atoms with Gasteiger partial charge >= 0.3 is 5.97 Å². The molecular formula is C15H21NO3. The molecule has 19 heavy (non-hydrogen) atoms. The number of rotatable bonds is 6. The number of hydrogen-bond acceptors (Lipinski definition) is 4. The first-order valence-electron chi connectivity index (χ1n) is 6.85. The van der Waals surface area contributed by atoms with Crippen LogP contribution in [0.25, 0.3) is 0 Å². The summed E-state index contributed by atoms with van der Waals surface area (Å²) >= 11 is 0. The largest absolute Gasteiger partial charge is 0.462 e. The first kappa shape index (κ1) is 14.0. The van der Waals surface area contributed by atoms with Crippen molar-refractivity contribution in [1.29, 1.82) is 0 Å². The number of esters is 1. The zero-order valence-corrected chi connectivity index (χ0v) is 11.4. The second-order valence-corrected chi connectivity index (χ2v) is 4.69. The van der Waals surface area contributed by atoms with E-state index in [-0.39, 0.29) is 12.0 Å². The van der Waals surface area contributed by atoms with Gasteiger partial charge in [0.05, 0.1) is 6.61 Å². The maximum atomic E-state index is 11.9. The van der Waals surface area contributed by atoms with Gasteiger partial charge in [-0.3, -0.25) is 4.79 Å². The molecule has 1 aromatic carbocycles. The van der Waals surface area contributed by atoms with E-state index in [1.165, 1.54) is 11.1 Å². The van der Waals surface area contributed by atoms with Crippen molar-refractivity contribution in [3.63, 3.8) is 0 Å². The van der Waals surface area contributed by atoms with Gasteiger partial charge < -0.3 is 14.8 Å². The van der Waals surface area contributed by atoms with Crippen molar-refractivity contribution in [3.05, 3.63) is 35.4 Å². The number of benzene rings is 1. The predicted octanol–water partition coefficient (Wildman–Crippen LogP) is 1.67. The molecule has 4 heteroatoms. The smallest absolute Gasteiger partial charge is 0.323 e. The van der Waals surface area contributed by atoms with E-state index in [2.05, 4.69) is 24.4 Å². The van der Waals surface area contributed by atoms with Gasteiger partial charge in [0.2, 0.25) is 0 Å². The molecule has 1 aromatic rings. The van der Waals surface area contributed by atoms with Crippen LogP contribution in [0.1, 0.15) is 24.5 Å². The summed E-state index contributed by atoms with van der Waals surface area (Å²) in [4.78, 5) is 11.9. The molecule has 0 spiro atoms. The lowest BCUT2D eigenvalue weighted by molar-refractivity contribution is -0.147. The van der Waals surface area contributed by atoms with Gasteiger partial charge in [-0.25, -0.2) is 0 Å². The maximum Gasteiger partial charge on any atom is 0.323 e. The molecule has 0 fully saturated rings. The minimum absolute atomic E-state index is 0.186. The highest BCUT2D eigenvalue weighted by Crippen LogP contribution is 2.16. The molecule has 1 atom stereocenters. The van der Waals surface area contributed by atoms with Gasteiger partial charge in [-0.1, -0.05) is 31.2 Å². The van der Waals surface area contributed by atoms with Gasteiger partial charge in [-0.2, -0.15) is 0 Å². The van der Waals surface area contributed by atoms with Crippen LogP contribution in [0.2, 0.25) is 0 Å². The Labute approximate surface area is 114 Å². The van der Waals surface area contributed by atoms with Crippen LogP contribution in [-0.2, 0) is 27.2 Å². The van der Waals surface area contributed by atoms with Crippen molar-refractivity contribution in [1.82, 2.24) is 5.32 Å². The fourth-order valence-electron chi connectivity index (χ4n) is 2.17. The Bertz CT molecular complexity index is 420. The number of fused-ring (bicyclic) bond motifs is 1. The van der Waals surface area contributed by atoms with Gasteiger partial charge in [0, 0.05) is 13.2 Å². The van der Waals surface area contributed by atoms with E-state index < -0.39 is 0 Å². The molecular weight excluding hydrogens is 242 g/mol. The van der Waals surface area contributed by atoms with Crippen molar-refractivity contribution < 1.29 is 14.3 Å². The zero-order valence-electron chi connectivity index (χ0n) is 11.4. The summed E-state index contributed by atoms with van der Waals surface area (Å²) in [6, 6.07) is 7.94. The lowest BCUT2D eigenvalue weighted by atomic mass is 9.96. The van der Waals surface area contributed by atoms with Crippen LogP contribution in [0.5, 0.6) is 0 Å². The average Bonchev–Trinajstić information content (AvgIpc) is 2.46. The maximum absolute atomic E-state index is 11.9. The standard InChI is InChI=1S/C15H21NO3/c1-2-7-18-8-9-19-15(17)14-10-12-5-3-4-6-13(12)11-16-14/h3-6,14,16H,2,7-11H2,1H3/t14-/m1/s1. The van der Waals surface area contributed by atoms with Crippen molar-refractivity contribution in [2.75, 3.05) is 19.8 Å². The number of ether oxygens (including phenoxy) is 2. The highest BCUT2D eigenvalue weighted by atomic mass is 16.6. The lowest BCUT2D eigenvalue weighted by Crippen LogP contribution is -2.43. The fraction of sp³-hybridized carbons (Fsp3) is 0.533. The molecule has 0 unspecified atom stereocenters. The summed E-state index contributed by atoms with van der Waals surface area (Å²) in [5, 5.41) is 3.21. The van der Waals surface area contributed by atoms with E-state index in [1.54, 1.807) is 0 Å². The van der Waals surface area contributed by atoms with Crippen LogP contribution in [-0.4, -0.2) is 31.8 Å². The van der Waals surface area contributed by atoms with Crippen LogP contribution in [0.4, 0.5) is 0 Å². The molecule has 1 aliphatic rings. The minimum atomic E-state index is -0.235. The molecule has 1 heterocycles. The van der Waals surface area contributed by atoms with E-state index in [4.69, 9.17) is 9.47 Å². The summed E-state index contributed by atoms with van der Waals surface area (Å²) in [6.45, 7) is 4.30. The van der Waals surface area contributed by atoms with E-state index in [0.29, 0.717) is 26.2 Å². The van der Waals surface area contributed by atoms with Gasteiger partial charge in [0.25, 0.3) is 0 Å². The third-order valence-corrected chi connectivity index (χ3v) is 3.19. The fourth-order valence-corrected chi connectivity index (χ4v) is 2.17. The molecule has 0 aromatic heterocycles. The highest BCUT2D eigenvalue weighted by molar-refractivity contribution is 5.76. The molecule has 0 bridgehead atoms. The van der Waals surface area contributed by atoms with E-state index in [1.807, 2.05) is 12.1 Å². The Hall–Kier alpha value is -1.39. The molecule has 0 aliphatic carbocycles. The second-order valence-electron chi connectivity index (χ2n) is 4.69. The van der Waals surface area contributed by atoms with Gasteiger partial charge in [-0.15, -0.1) is 0 Å². The number of nitrogens with one attached hydrogen (secondary N) is 1. The van der Waals surface area contributed by atoms with Crippen LogP contribution in [0.3, 0.4) is 0 Å². The normalized spacial score (nSPS) is 17.8.